The van der Waals surface area contributed by atoms with Crippen molar-refractivity contribution in [3.63, 3.8) is 0 Å². The first kappa shape index (κ1) is 20.2. The zero-order valence-electron chi connectivity index (χ0n) is 17.2. The summed E-state index contributed by atoms with van der Waals surface area (Å²) >= 11 is 3.36. The van der Waals surface area contributed by atoms with Crippen molar-refractivity contribution in [1.29, 1.82) is 0 Å². The first-order valence-corrected chi connectivity index (χ1v) is 11.9. The van der Waals surface area contributed by atoms with Crippen LogP contribution in [0.25, 0.3) is 21.1 Å². The van der Waals surface area contributed by atoms with E-state index in [-0.39, 0.29) is 11.9 Å². The summed E-state index contributed by atoms with van der Waals surface area (Å²) in [4.78, 5) is 26.2. The molecule has 7 nitrogen and oxygen atoms in total. The molecule has 4 aromatic rings. The average molecular weight is 451 g/mol. The van der Waals surface area contributed by atoms with Crippen molar-refractivity contribution >= 4 is 56.1 Å². The van der Waals surface area contributed by atoms with Gasteiger partial charge >= 0.3 is 0 Å². The highest BCUT2D eigenvalue weighted by atomic mass is 32.2. The number of fused-ring (bicyclic) bond motifs is 2. The number of aryl methyl sites for hydroxylation is 2. The van der Waals surface area contributed by atoms with Gasteiger partial charge in [0, 0.05) is 23.6 Å². The van der Waals surface area contributed by atoms with E-state index < -0.39 is 6.29 Å². The Morgan fingerprint density at radius 1 is 1.13 bits per heavy atom. The number of hydrogen-bond acceptors (Lipinski definition) is 8. The van der Waals surface area contributed by atoms with Crippen LogP contribution >= 0.6 is 23.1 Å². The van der Waals surface area contributed by atoms with Crippen molar-refractivity contribution < 1.29 is 4.79 Å². The molecule has 1 fully saturated rings. The van der Waals surface area contributed by atoms with Crippen molar-refractivity contribution in [3.05, 3.63) is 53.7 Å². The number of anilines is 1. The van der Waals surface area contributed by atoms with E-state index >= 15 is 0 Å². The van der Waals surface area contributed by atoms with Crippen LogP contribution in [0.15, 0.2) is 46.8 Å². The highest BCUT2D eigenvalue weighted by molar-refractivity contribution is 8.01. The van der Waals surface area contributed by atoms with Crippen molar-refractivity contribution in [2.75, 3.05) is 11.1 Å². The van der Waals surface area contributed by atoms with Gasteiger partial charge in [-0.3, -0.25) is 10.1 Å². The topological polar surface area (TPSA) is 91.8 Å². The summed E-state index contributed by atoms with van der Waals surface area (Å²) < 4.78 is 2.19. The Hall–Kier alpha value is -2.75. The maximum atomic E-state index is 12.3. The molecule has 0 spiro atoms. The Labute approximate surface area is 188 Å². The quantitative estimate of drug-likeness (QED) is 0.398. The molecule has 0 bridgehead atoms. The molecule has 0 aliphatic carbocycles. The second-order valence-electron chi connectivity index (χ2n) is 7.57. The number of benzene rings is 2. The summed E-state index contributed by atoms with van der Waals surface area (Å²) in [5, 5.41) is 10.7. The Balaban J connectivity index is 1.28. The zero-order valence-corrected chi connectivity index (χ0v) is 18.8. The van der Waals surface area contributed by atoms with Gasteiger partial charge in [0.05, 0.1) is 21.4 Å². The third-order valence-electron chi connectivity index (χ3n) is 5.21. The van der Waals surface area contributed by atoms with Gasteiger partial charge < -0.3 is 10.6 Å². The lowest BCUT2D eigenvalue weighted by molar-refractivity contribution is -0.123. The van der Waals surface area contributed by atoms with Gasteiger partial charge in [-0.2, -0.15) is 0 Å². The van der Waals surface area contributed by atoms with Crippen LogP contribution in [-0.2, 0) is 4.79 Å². The van der Waals surface area contributed by atoms with Crippen LogP contribution in [0, 0.1) is 13.8 Å². The van der Waals surface area contributed by atoms with Gasteiger partial charge in [-0.05, 0) is 31.5 Å². The Morgan fingerprint density at radius 2 is 2.00 bits per heavy atom. The molecule has 2 aromatic heterocycles. The zero-order chi connectivity index (χ0) is 21.4. The molecule has 2 aromatic carbocycles. The van der Waals surface area contributed by atoms with Crippen LogP contribution in [-0.4, -0.2) is 38.9 Å². The minimum absolute atomic E-state index is 0.000147. The van der Waals surface area contributed by atoms with Gasteiger partial charge in [-0.1, -0.05) is 42.1 Å². The van der Waals surface area contributed by atoms with E-state index in [4.69, 9.17) is 0 Å². The van der Waals surface area contributed by atoms with E-state index in [2.05, 4.69) is 37.0 Å². The number of hydrogen-bond donors (Lipinski definition) is 3. The SMILES string of the molecule is Cc1nc(NC2NC(=O)CC(CSc3nc4ccccc4s3)N2)nc2c(C)cccc12. The molecule has 0 radical (unpaired) electrons. The average Bonchev–Trinajstić information content (AvgIpc) is 3.16. The Kier molecular flexibility index (Phi) is 5.47. The van der Waals surface area contributed by atoms with Gasteiger partial charge in [0.2, 0.25) is 11.9 Å². The number of thiazole rings is 1. The van der Waals surface area contributed by atoms with Gasteiger partial charge in [0.15, 0.2) is 10.6 Å². The van der Waals surface area contributed by atoms with Gasteiger partial charge in [0.1, 0.15) is 0 Å². The number of amides is 1. The summed E-state index contributed by atoms with van der Waals surface area (Å²) in [6.45, 7) is 4.01. The smallest absolute Gasteiger partial charge is 0.226 e. The molecule has 1 aliphatic heterocycles. The summed E-state index contributed by atoms with van der Waals surface area (Å²) in [5.41, 5.74) is 3.93. The minimum Gasteiger partial charge on any atom is -0.323 e. The van der Waals surface area contributed by atoms with Crippen LogP contribution in [0.2, 0.25) is 0 Å². The van der Waals surface area contributed by atoms with E-state index in [1.54, 1.807) is 23.1 Å². The maximum Gasteiger partial charge on any atom is 0.226 e. The second-order valence-corrected chi connectivity index (χ2v) is 9.87. The van der Waals surface area contributed by atoms with E-state index in [9.17, 15) is 4.79 Å². The molecule has 2 atom stereocenters. The molecule has 9 heteroatoms. The van der Waals surface area contributed by atoms with Crippen LogP contribution in [0.5, 0.6) is 0 Å². The van der Waals surface area contributed by atoms with Gasteiger partial charge in [-0.25, -0.2) is 15.0 Å². The van der Waals surface area contributed by atoms with Crippen molar-refractivity contribution in [1.82, 2.24) is 25.6 Å². The number of nitrogens with zero attached hydrogens (tertiary/aromatic N) is 3. The fourth-order valence-electron chi connectivity index (χ4n) is 3.69. The van der Waals surface area contributed by atoms with Crippen LogP contribution in [0.3, 0.4) is 0 Å². The summed E-state index contributed by atoms with van der Waals surface area (Å²) in [5.74, 6) is 1.25. The molecule has 31 heavy (non-hydrogen) atoms. The largest absolute Gasteiger partial charge is 0.323 e. The molecule has 0 saturated carbocycles. The second kappa shape index (κ2) is 8.41. The molecular formula is C22H22N6OS2. The summed E-state index contributed by atoms with van der Waals surface area (Å²) in [7, 11) is 0. The van der Waals surface area contributed by atoms with E-state index in [0.29, 0.717) is 12.4 Å². The molecule has 1 aliphatic rings. The Bertz CT molecular complexity index is 1240. The first-order chi connectivity index (χ1) is 15.0. The maximum absolute atomic E-state index is 12.3. The first-order valence-electron chi connectivity index (χ1n) is 10.1. The number of aromatic nitrogens is 3. The lowest BCUT2D eigenvalue weighted by Gasteiger charge is -2.31. The normalized spacial score (nSPS) is 19.0. The fourth-order valence-corrected chi connectivity index (χ4v) is 5.82. The number of para-hydroxylation sites is 2. The number of carbonyl (C=O) groups excluding carboxylic acids is 1. The van der Waals surface area contributed by atoms with E-state index in [1.165, 1.54) is 4.70 Å². The van der Waals surface area contributed by atoms with Crippen molar-refractivity contribution in [2.24, 2.45) is 0 Å². The fraction of sp³-hybridized carbons (Fsp3) is 0.273. The predicted molar refractivity (Wildman–Crippen MR) is 126 cm³/mol. The predicted octanol–water partition coefficient (Wildman–Crippen LogP) is 3.82. The number of carbonyl (C=O) groups is 1. The summed E-state index contributed by atoms with van der Waals surface area (Å²) in [6, 6.07) is 14.2. The van der Waals surface area contributed by atoms with Crippen LogP contribution in [0.4, 0.5) is 5.95 Å². The van der Waals surface area contributed by atoms with E-state index in [0.717, 1.165) is 37.8 Å². The van der Waals surface area contributed by atoms with Crippen molar-refractivity contribution in [2.45, 2.75) is 36.9 Å². The monoisotopic (exact) mass is 450 g/mol. The highest BCUT2D eigenvalue weighted by Crippen LogP contribution is 2.30. The molecule has 3 N–H and O–H groups in total. The summed E-state index contributed by atoms with van der Waals surface area (Å²) in [6.07, 6.45) is -0.00430. The van der Waals surface area contributed by atoms with Crippen molar-refractivity contribution in [3.8, 4) is 0 Å². The molecule has 1 amide bonds. The molecule has 2 unspecified atom stereocenters. The number of thioether (sulfide) groups is 1. The van der Waals surface area contributed by atoms with Gasteiger partial charge in [0.25, 0.3) is 0 Å². The highest BCUT2D eigenvalue weighted by Gasteiger charge is 2.26. The standard InChI is InChI=1S/C22H22N6OS2/c1-12-6-5-7-15-13(2)23-20(27-19(12)15)28-21-24-14(10-18(29)26-21)11-30-22-25-16-8-3-4-9-17(16)31-22/h3-9,14,21,24H,10-11H2,1-2H3,(H,26,29)(H,23,27,28). The number of nitrogens with one attached hydrogen (secondary N) is 3. The molecule has 5 rings (SSSR count). The lowest BCUT2D eigenvalue weighted by atomic mass is 10.1. The van der Waals surface area contributed by atoms with Crippen LogP contribution in [0.1, 0.15) is 17.7 Å². The molecule has 158 valence electrons. The van der Waals surface area contributed by atoms with Crippen LogP contribution < -0.4 is 16.0 Å². The van der Waals surface area contributed by atoms with Gasteiger partial charge in [-0.15, -0.1) is 11.3 Å². The third-order valence-corrected chi connectivity index (χ3v) is 7.56. The minimum atomic E-state index is -0.428. The Morgan fingerprint density at radius 3 is 2.87 bits per heavy atom. The molecule has 1 saturated heterocycles. The molecule has 3 heterocycles. The lowest BCUT2D eigenvalue weighted by Crippen LogP contribution is -2.60. The third kappa shape index (κ3) is 4.34. The number of rotatable bonds is 5. The van der Waals surface area contributed by atoms with E-state index in [1.807, 2.05) is 50.2 Å². The molecular weight excluding hydrogens is 428 g/mol.